The van der Waals surface area contributed by atoms with E-state index in [-0.39, 0.29) is 27.3 Å². The lowest BCUT2D eigenvalue weighted by Gasteiger charge is -2.24. The van der Waals surface area contributed by atoms with Gasteiger partial charge in [0.15, 0.2) is 0 Å². The molecule has 0 bridgehead atoms. The Morgan fingerprint density at radius 3 is 2.09 bits per heavy atom. The molecule has 2 aromatic heterocycles. The monoisotopic (exact) mass is 548 g/mol. The molecular formula is C24H29IN4O3. The van der Waals surface area contributed by atoms with Gasteiger partial charge in [0.2, 0.25) is 0 Å². The summed E-state index contributed by atoms with van der Waals surface area (Å²) in [5, 5.41) is 10.7. The number of aromatic nitrogens is 4. The summed E-state index contributed by atoms with van der Waals surface area (Å²) in [6, 6.07) is 3.53. The number of hydrogen-bond donors (Lipinski definition) is 4. The van der Waals surface area contributed by atoms with E-state index in [1.165, 1.54) is 6.08 Å². The second kappa shape index (κ2) is 8.73. The first kappa shape index (κ1) is 24.0. The Balaban J connectivity index is 2.23. The van der Waals surface area contributed by atoms with Crippen LogP contribution in [0.1, 0.15) is 69.6 Å². The van der Waals surface area contributed by atoms with Crippen molar-refractivity contribution in [2.75, 3.05) is 0 Å². The van der Waals surface area contributed by atoms with E-state index in [0.717, 1.165) is 16.8 Å². The predicted octanol–water partition coefficient (Wildman–Crippen LogP) is 2.68. The van der Waals surface area contributed by atoms with Crippen LogP contribution in [-0.2, 0) is 15.3 Å². The fourth-order valence-electron chi connectivity index (χ4n) is 3.65. The number of phenols is 1. The lowest BCUT2D eigenvalue weighted by molar-refractivity contribution is 0.472. The van der Waals surface area contributed by atoms with Crippen molar-refractivity contribution >= 4 is 34.7 Å². The molecule has 7 nitrogen and oxygen atoms in total. The van der Waals surface area contributed by atoms with Crippen LogP contribution in [0.25, 0.3) is 12.2 Å². The summed E-state index contributed by atoms with van der Waals surface area (Å²) in [4.78, 5) is 38.3. The van der Waals surface area contributed by atoms with Gasteiger partial charge in [-0.25, -0.2) is 4.98 Å². The minimum atomic E-state index is -0.455. The number of rotatable bonds is 3. The number of halogens is 1. The second-order valence-corrected chi connectivity index (χ2v) is 10.6. The van der Waals surface area contributed by atoms with Crippen LogP contribution in [-0.4, -0.2) is 25.0 Å². The van der Waals surface area contributed by atoms with E-state index in [4.69, 9.17) is 0 Å². The Bertz CT molecular complexity index is 1380. The van der Waals surface area contributed by atoms with Gasteiger partial charge in [-0.3, -0.25) is 9.59 Å². The topological polar surface area (TPSA) is 115 Å². The summed E-state index contributed by atoms with van der Waals surface area (Å²) in [5.41, 5.74) is 2.77. The molecule has 0 amide bonds. The summed E-state index contributed by atoms with van der Waals surface area (Å²) in [5.74, 6) is 0.0619. The maximum atomic E-state index is 12.8. The fourth-order valence-corrected chi connectivity index (χ4v) is 4.47. The van der Waals surface area contributed by atoms with Crippen LogP contribution in [0.4, 0.5) is 0 Å². The van der Waals surface area contributed by atoms with Crippen molar-refractivity contribution in [3.05, 3.63) is 77.9 Å². The van der Waals surface area contributed by atoms with Gasteiger partial charge in [0.05, 0.1) is 12.0 Å². The van der Waals surface area contributed by atoms with Gasteiger partial charge in [-0.15, -0.1) is 0 Å². The van der Waals surface area contributed by atoms with Crippen molar-refractivity contribution in [2.24, 2.45) is 0 Å². The summed E-state index contributed by atoms with van der Waals surface area (Å²) in [7, 11) is 0. The number of nitrogens with zero attached hydrogens (tertiary/aromatic N) is 1. The molecule has 0 aliphatic rings. The van der Waals surface area contributed by atoms with Gasteiger partial charge in [0.25, 0.3) is 11.1 Å². The summed E-state index contributed by atoms with van der Waals surface area (Å²) < 4.78 is 0.646. The van der Waals surface area contributed by atoms with E-state index in [9.17, 15) is 14.7 Å². The molecule has 4 N–H and O–H groups in total. The first-order valence-electron chi connectivity index (χ1n) is 10.3. The van der Waals surface area contributed by atoms with Crippen molar-refractivity contribution in [1.82, 2.24) is 19.9 Å². The summed E-state index contributed by atoms with van der Waals surface area (Å²) in [6.45, 7) is 12.4. The molecule has 0 aliphatic carbocycles. The fraction of sp³-hybridized carbons (Fsp3) is 0.375. The molecule has 32 heavy (non-hydrogen) atoms. The number of imidazole rings is 1. The van der Waals surface area contributed by atoms with Gasteiger partial charge in [-0.2, -0.15) is 0 Å². The smallest absolute Gasteiger partial charge is 0.272 e. The van der Waals surface area contributed by atoms with Gasteiger partial charge in [0, 0.05) is 21.1 Å². The molecular weight excluding hydrogens is 519 g/mol. The number of benzene rings is 1. The molecule has 0 radical (unpaired) electrons. The zero-order valence-corrected chi connectivity index (χ0v) is 21.3. The Morgan fingerprint density at radius 1 is 0.969 bits per heavy atom. The molecule has 0 fully saturated rings. The largest absolute Gasteiger partial charge is 0.507 e. The lowest BCUT2D eigenvalue weighted by atomic mass is 9.82. The van der Waals surface area contributed by atoms with E-state index < -0.39 is 11.1 Å². The molecule has 3 rings (SSSR count). The van der Waals surface area contributed by atoms with Crippen LogP contribution < -0.4 is 21.8 Å². The zero-order chi connectivity index (χ0) is 23.8. The molecule has 3 aromatic rings. The van der Waals surface area contributed by atoms with Crippen molar-refractivity contribution in [3.8, 4) is 5.75 Å². The van der Waals surface area contributed by atoms with Gasteiger partial charge < -0.3 is 20.1 Å². The van der Waals surface area contributed by atoms with Gasteiger partial charge in [0.1, 0.15) is 16.4 Å². The molecule has 1 aromatic carbocycles. The molecule has 2 heterocycles. The molecule has 170 valence electrons. The van der Waals surface area contributed by atoms with Crippen LogP contribution in [0.5, 0.6) is 5.75 Å². The number of hydrogen-bond acceptors (Lipinski definition) is 4. The molecule has 0 aliphatic heterocycles. The van der Waals surface area contributed by atoms with E-state index in [1.807, 2.05) is 26.8 Å². The lowest BCUT2D eigenvalue weighted by Crippen LogP contribution is -2.46. The first-order valence-corrected chi connectivity index (χ1v) is 11.9. The Morgan fingerprint density at radius 2 is 1.56 bits per heavy atom. The molecule has 0 saturated heterocycles. The Hall–Kier alpha value is -2.62. The maximum Gasteiger partial charge on any atom is 0.272 e. The highest BCUT2D eigenvalue weighted by Crippen LogP contribution is 2.34. The number of aromatic amines is 3. The number of aromatic hydroxyl groups is 1. The van der Waals surface area contributed by atoms with Crippen molar-refractivity contribution in [1.29, 1.82) is 0 Å². The van der Waals surface area contributed by atoms with Crippen LogP contribution in [0, 0.1) is 0 Å². The zero-order valence-electron chi connectivity index (χ0n) is 19.2. The van der Waals surface area contributed by atoms with Crippen molar-refractivity contribution in [2.45, 2.75) is 56.8 Å². The average Bonchev–Trinajstić information content (AvgIpc) is 3.14. The van der Waals surface area contributed by atoms with Gasteiger partial charge in [-0.1, -0.05) is 70.2 Å². The van der Waals surface area contributed by atoms with E-state index >= 15 is 0 Å². The quantitative estimate of drug-likeness (QED) is 0.298. The Labute approximate surface area is 199 Å². The first-order chi connectivity index (χ1) is 14.8. The van der Waals surface area contributed by atoms with E-state index in [2.05, 4.69) is 63.3 Å². The number of H-pyrrole nitrogens is 3. The predicted molar refractivity (Wildman–Crippen MR) is 136 cm³/mol. The third kappa shape index (κ3) is 4.90. The number of phenolic OH excluding ortho intramolecular Hbond substituents is 1. The average molecular weight is 548 g/mol. The maximum absolute atomic E-state index is 12.8. The van der Waals surface area contributed by atoms with Crippen LogP contribution in [0.15, 0.2) is 28.0 Å². The van der Waals surface area contributed by atoms with Crippen LogP contribution in [0.3, 0.4) is 0 Å². The highest BCUT2D eigenvalue weighted by atomic mass is 127. The third-order valence-corrected chi connectivity index (χ3v) is 6.01. The van der Waals surface area contributed by atoms with Crippen molar-refractivity contribution in [3.63, 3.8) is 0 Å². The number of nitrogens with one attached hydrogen (secondary N) is 3. The molecule has 0 spiro atoms. The number of alkyl halides is 1. The molecule has 0 unspecified atom stereocenters. The third-order valence-electron chi connectivity index (χ3n) is 5.25. The van der Waals surface area contributed by atoms with E-state index in [1.54, 1.807) is 18.5 Å². The standard InChI is InChI=1S/C24H29IN4O3/c1-23(2,3)15-7-8-19(30)13(14(15)11-25)9-17-21(31)29-18(22(32)28-17)10-16-20(24(4,5)6)27-12-26-16/h7-10,12,30H,11H2,1-6H3,(H,26,27)(H,28,32)(H,29,31)/b17-9-,18-10-. The normalized spacial score (nSPS) is 13.7. The summed E-state index contributed by atoms with van der Waals surface area (Å²) >= 11 is 2.24. The van der Waals surface area contributed by atoms with Gasteiger partial charge >= 0.3 is 0 Å². The highest BCUT2D eigenvalue weighted by Gasteiger charge is 2.21. The minimum absolute atomic E-state index is 0.0619. The van der Waals surface area contributed by atoms with Gasteiger partial charge in [-0.05, 0) is 34.8 Å². The molecule has 8 heteroatoms. The van der Waals surface area contributed by atoms with Crippen LogP contribution >= 0.6 is 22.6 Å². The second-order valence-electron chi connectivity index (χ2n) is 9.85. The highest BCUT2D eigenvalue weighted by molar-refractivity contribution is 14.1. The minimum Gasteiger partial charge on any atom is -0.507 e. The van der Waals surface area contributed by atoms with Crippen LogP contribution in [0.2, 0.25) is 0 Å². The summed E-state index contributed by atoms with van der Waals surface area (Å²) in [6.07, 6.45) is 4.67. The van der Waals surface area contributed by atoms with Crippen molar-refractivity contribution < 1.29 is 5.11 Å². The Kier molecular flexibility index (Phi) is 6.55. The molecule has 0 saturated carbocycles. The van der Waals surface area contributed by atoms with E-state index in [0.29, 0.717) is 15.7 Å². The molecule has 0 atom stereocenters. The SMILES string of the molecule is CC(C)(C)c1ccc(O)c(/C=c2\[nH]c(=O)/c(=C/c3nc[nH]c3C(C)(C)C)[nH]c2=O)c1CI.